The number of aromatic nitrogens is 4. The summed E-state index contributed by atoms with van der Waals surface area (Å²) in [5, 5.41) is 13.4. The summed E-state index contributed by atoms with van der Waals surface area (Å²) in [6.07, 6.45) is 7.10. The molecule has 0 aliphatic carbocycles. The highest BCUT2D eigenvalue weighted by Gasteiger charge is 2.10. The van der Waals surface area contributed by atoms with Crippen molar-refractivity contribution in [2.75, 3.05) is 5.32 Å². The standard InChI is InChI=1S/C10H10N6O2/c1-7(9-6-11-2-3-12-9)15-10-13-4-8(5-14-10)16(17)18/h2-7H,1H3,(H,13,14,15). The van der Waals surface area contributed by atoms with Crippen LogP contribution in [0.2, 0.25) is 0 Å². The molecule has 0 radical (unpaired) electrons. The van der Waals surface area contributed by atoms with E-state index in [1.165, 1.54) is 0 Å². The van der Waals surface area contributed by atoms with Gasteiger partial charge >= 0.3 is 5.69 Å². The Kier molecular flexibility index (Phi) is 3.37. The summed E-state index contributed by atoms with van der Waals surface area (Å²) in [6.45, 7) is 1.87. The zero-order valence-corrected chi connectivity index (χ0v) is 9.52. The predicted octanol–water partition coefficient (Wildman–Crippen LogP) is 1.35. The second kappa shape index (κ2) is 5.13. The van der Waals surface area contributed by atoms with Crippen LogP contribution in [0.5, 0.6) is 0 Å². The number of nitrogens with zero attached hydrogens (tertiary/aromatic N) is 5. The smallest absolute Gasteiger partial charge is 0.305 e. The number of anilines is 1. The highest BCUT2D eigenvalue weighted by Crippen LogP contribution is 2.14. The highest BCUT2D eigenvalue weighted by molar-refractivity contribution is 5.32. The van der Waals surface area contributed by atoms with Gasteiger partial charge in [0.05, 0.1) is 22.9 Å². The summed E-state index contributed by atoms with van der Waals surface area (Å²) >= 11 is 0. The van der Waals surface area contributed by atoms with Crippen molar-refractivity contribution in [3.8, 4) is 0 Å². The number of nitrogens with one attached hydrogen (secondary N) is 1. The minimum Gasteiger partial charge on any atom is -0.346 e. The van der Waals surface area contributed by atoms with Crippen molar-refractivity contribution < 1.29 is 4.92 Å². The molecular formula is C10H10N6O2. The third kappa shape index (κ3) is 2.73. The molecule has 0 saturated heterocycles. The molecule has 1 unspecified atom stereocenters. The summed E-state index contributed by atoms with van der Waals surface area (Å²) in [7, 11) is 0. The van der Waals surface area contributed by atoms with Gasteiger partial charge in [0.2, 0.25) is 5.95 Å². The molecule has 2 heterocycles. The van der Waals surface area contributed by atoms with Crippen molar-refractivity contribution >= 4 is 11.6 Å². The van der Waals surface area contributed by atoms with Crippen molar-refractivity contribution in [1.82, 2.24) is 19.9 Å². The van der Waals surface area contributed by atoms with E-state index in [0.717, 1.165) is 18.1 Å². The summed E-state index contributed by atoms with van der Waals surface area (Å²) in [5.41, 5.74) is 0.590. The van der Waals surface area contributed by atoms with E-state index in [1.807, 2.05) is 6.92 Å². The van der Waals surface area contributed by atoms with Crippen LogP contribution in [0.25, 0.3) is 0 Å². The van der Waals surface area contributed by atoms with Crippen LogP contribution >= 0.6 is 0 Å². The number of nitro groups is 1. The average Bonchev–Trinajstić information content (AvgIpc) is 2.40. The van der Waals surface area contributed by atoms with E-state index in [-0.39, 0.29) is 11.7 Å². The molecule has 0 aromatic carbocycles. The molecular weight excluding hydrogens is 236 g/mol. The van der Waals surface area contributed by atoms with Crippen LogP contribution in [-0.2, 0) is 0 Å². The first-order chi connectivity index (χ1) is 8.66. The van der Waals surface area contributed by atoms with Crippen LogP contribution in [0.1, 0.15) is 18.7 Å². The fourth-order valence-corrected chi connectivity index (χ4v) is 1.29. The van der Waals surface area contributed by atoms with Crippen LogP contribution in [0.4, 0.5) is 11.6 Å². The Morgan fingerprint density at radius 3 is 2.50 bits per heavy atom. The second-order valence-electron chi connectivity index (χ2n) is 3.52. The monoisotopic (exact) mass is 246 g/mol. The van der Waals surface area contributed by atoms with Crippen LogP contribution in [0.3, 0.4) is 0 Å². The lowest BCUT2D eigenvalue weighted by molar-refractivity contribution is -0.385. The van der Waals surface area contributed by atoms with Gasteiger partial charge in [0, 0.05) is 12.4 Å². The largest absolute Gasteiger partial charge is 0.346 e. The van der Waals surface area contributed by atoms with E-state index < -0.39 is 4.92 Å². The molecule has 8 heteroatoms. The van der Waals surface area contributed by atoms with Gasteiger partial charge in [-0.3, -0.25) is 20.1 Å². The highest BCUT2D eigenvalue weighted by atomic mass is 16.6. The lowest BCUT2D eigenvalue weighted by Crippen LogP contribution is -2.11. The zero-order chi connectivity index (χ0) is 13.0. The first kappa shape index (κ1) is 11.8. The molecule has 1 N–H and O–H groups in total. The third-order valence-electron chi connectivity index (χ3n) is 2.22. The van der Waals surface area contributed by atoms with E-state index in [4.69, 9.17) is 0 Å². The van der Waals surface area contributed by atoms with Gasteiger partial charge in [0.1, 0.15) is 12.4 Å². The zero-order valence-electron chi connectivity index (χ0n) is 9.52. The fraction of sp³-hybridized carbons (Fsp3) is 0.200. The Morgan fingerprint density at radius 2 is 1.94 bits per heavy atom. The van der Waals surface area contributed by atoms with Crippen molar-refractivity contribution in [2.45, 2.75) is 13.0 Å². The van der Waals surface area contributed by atoms with Crippen LogP contribution in [0.15, 0.2) is 31.0 Å². The van der Waals surface area contributed by atoms with Gasteiger partial charge in [-0.05, 0) is 6.92 Å². The summed E-state index contributed by atoms with van der Waals surface area (Å²) in [4.78, 5) is 25.7. The maximum absolute atomic E-state index is 10.4. The Labute approximate surface area is 102 Å². The van der Waals surface area contributed by atoms with Gasteiger partial charge < -0.3 is 5.32 Å². The topological polar surface area (TPSA) is 107 Å². The van der Waals surface area contributed by atoms with Gasteiger partial charge in [-0.25, -0.2) is 9.97 Å². The molecule has 0 spiro atoms. The summed E-state index contributed by atoms with van der Waals surface area (Å²) in [5.74, 6) is 0.304. The molecule has 18 heavy (non-hydrogen) atoms. The Hall–Kier alpha value is -2.64. The lowest BCUT2D eigenvalue weighted by atomic mass is 10.2. The minimum atomic E-state index is -0.546. The van der Waals surface area contributed by atoms with Crippen molar-refractivity contribution in [3.05, 3.63) is 46.8 Å². The van der Waals surface area contributed by atoms with Crippen molar-refractivity contribution in [2.24, 2.45) is 0 Å². The van der Waals surface area contributed by atoms with Gasteiger partial charge in [-0.2, -0.15) is 0 Å². The Bertz CT molecular complexity index is 530. The van der Waals surface area contributed by atoms with Crippen LogP contribution in [-0.4, -0.2) is 24.9 Å². The van der Waals surface area contributed by atoms with E-state index in [1.54, 1.807) is 18.6 Å². The first-order valence-corrected chi connectivity index (χ1v) is 5.15. The molecule has 0 aliphatic rings. The average molecular weight is 246 g/mol. The molecule has 2 aromatic heterocycles. The molecule has 0 amide bonds. The summed E-state index contributed by atoms with van der Waals surface area (Å²) in [6, 6.07) is -0.139. The van der Waals surface area contributed by atoms with Crippen LogP contribution < -0.4 is 5.32 Å². The maximum atomic E-state index is 10.4. The number of hydrogen-bond acceptors (Lipinski definition) is 7. The molecule has 0 aliphatic heterocycles. The second-order valence-corrected chi connectivity index (χ2v) is 3.52. The molecule has 0 saturated carbocycles. The fourth-order valence-electron chi connectivity index (χ4n) is 1.29. The molecule has 8 nitrogen and oxygen atoms in total. The number of rotatable bonds is 4. The van der Waals surface area contributed by atoms with Crippen molar-refractivity contribution in [3.63, 3.8) is 0 Å². The Balaban J connectivity index is 2.08. The molecule has 0 fully saturated rings. The molecule has 1 atom stereocenters. The maximum Gasteiger partial charge on any atom is 0.305 e. The van der Waals surface area contributed by atoms with Crippen LogP contribution in [0, 0.1) is 10.1 Å². The van der Waals surface area contributed by atoms with Crippen molar-refractivity contribution in [1.29, 1.82) is 0 Å². The van der Waals surface area contributed by atoms with E-state index in [0.29, 0.717) is 5.95 Å². The Morgan fingerprint density at radius 1 is 1.22 bits per heavy atom. The normalized spacial score (nSPS) is 11.8. The summed E-state index contributed by atoms with van der Waals surface area (Å²) < 4.78 is 0. The lowest BCUT2D eigenvalue weighted by Gasteiger charge is -2.11. The molecule has 0 bridgehead atoms. The molecule has 92 valence electrons. The molecule has 2 aromatic rings. The van der Waals surface area contributed by atoms with Gasteiger partial charge in [0.15, 0.2) is 0 Å². The SMILES string of the molecule is CC(Nc1ncc([N+](=O)[O-])cn1)c1cnccn1. The van der Waals surface area contributed by atoms with Gasteiger partial charge in [0.25, 0.3) is 0 Å². The minimum absolute atomic E-state index is 0.139. The van der Waals surface area contributed by atoms with E-state index >= 15 is 0 Å². The predicted molar refractivity (Wildman–Crippen MR) is 62.8 cm³/mol. The van der Waals surface area contributed by atoms with Gasteiger partial charge in [-0.15, -0.1) is 0 Å². The van der Waals surface area contributed by atoms with E-state index in [9.17, 15) is 10.1 Å². The quantitative estimate of drug-likeness (QED) is 0.640. The first-order valence-electron chi connectivity index (χ1n) is 5.15. The number of hydrogen-bond donors (Lipinski definition) is 1. The van der Waals surface area contributed by atoms with E-state index in [2.05, 4.69) is 25.3 Å². The third-order valence-corrected chi connectivity index (χ3v) is 2.22. The molecule has 2 rings (SSSR count). The van der Waals surface area contributed by atoms with Gasteiger partial charge in [-0.1, -0.05) is 0 Å².